The summed E-state index contributed by atoms with van der Waals surface area (Å²) in [7, 11) is 0. The van der Waals surface area contributed by atoms with Crippen LogP contribution in [-0.4, -0.2) is 39.3 Å². The van der Waals surface area contributed by atoms with Crippen LogP contribution in [0.4, 0.5) is 0 Å². The van der Waals surface area contributed by atoms with Crippen LogP contribution in [0.1, 0.15) is 23.1 Å². The molecule has 2 aromatic carbocycles. The maximum atomic E-state index is 13.4. The van der Waals surface area contributed by atoms with E-state index in [4.69, 9.17) is 5.26 Å². The number of nitriles is 1. The molecule has 2 aromatic rings. The first-order valence-electron chi connectivity index (χ1n) is 8.62. The van der Waals surface area contributed by atoms with Crippen LogP contribution in [0.3, 0.4) is 0 Å². The van der Waals surface area contributed by atoms with Gasteiger partial charge >= 0.3 is 5.91 Å². The molecule has 0 spiro atoms. The molecular weight excluding hydrogens is 328 g/mol. The van der Waals surface area contributed by atoms with E-state index in [9.17, 15) is 15.0 Å². The minimum absolute atomic E-state index is 0.00310. The Labute approximate surface area is 151 Å². The normalized spacial score (nSPS) is 27.5. The van der Waals surface area contributed by atoms with Gasteiger partial charge in [0.1, 0.15) is 24.8 Å². The summed E-state index contributed by atoms with van der Waals surface area (Å²) < 4.78 is 0.00310. The van der Waals surface area contributed by atoms with Crippen LogP contribution in [0.15, 0.2) is 60.4 Å². The van der Waals surface area contributed by atoms with Crippen LogP contribution in [0.2, 0.25) is 0 Å². The van der Waals surface area contributed by atoms with Gasteiger partial charge in [-0.05, 0) is 17.7 Å². The molecule has 0 saturated carbocycles. The van der Waals surface area contributed by atoms with Crippen molar-refractivity contribution in [3.63, 3.8) is 0 Å². The summed E-state index contributed by atoms with van der Waals surface area (Å²) in [6.07, 6.45) is -0.258. The van der Waals surface area contributed by atoms with Crippen molar-refractivity contribution in [1.29, 1.82) is 5.26 Å². The zero-order valence-electron chi connectivity index (χ0n) is 14.2. The van der Waals surface area contributed by atoms with Gasteiger partial charge in [-0.2, -0.15) is 5.26 Å². The van der Waals surface area contributed by atoms with E-state index in [1.807, 2.05) is 42.5 Å². The molecule has 4 rings (SSSR count). The molecule has 1 unspecified atom stereocenters. The first-order chi connectivity index (χ1) is 12.5. The predicted octanol–water partition coefficient (Wildman–Crippen LogP) is 2.52. The van der Waals surface area contributed by atoms with E-state index in [1.165, 1.54) is 0 Å². The Bertz CT molecular complexity index is 928. The van der Waals surface area contributed by atoms with Crippen LogP contribution >= 0.6 is 0 Å². The lowest BCUT2D eigenvalue weighted by Gasteiger charge is -2.32. The summed E-state index contributed by atoms with van der Waals surface area (Å²) in [6, 6.07) is 18.0. The van der Waals surface area contributed by atoms with Gasteiger partial charge in [0.05, 0.1) is 11.6 Å². The second-order valence-electron chi connectivity index (χ2n) is 7.02. The van der Waals surface area contributed by atoms with Gasteiger partial charge in [-0.1, -0.05) is 42.5 Å². The molecule has 130 valence electrons. The van der Waals surface area contributed by atoms with Crippen molar-refractivity contribution in [1.82, 2.24) is 0 Å². The summed E-state index contributed by atoms with van der Waals surface area (Å²) >= 11 is 0. The summed E-state index contributed by atoms with van der Waals surface area (Å²) in [6.45, 7) is 0.663. The summed E-state index contributed by atoms with van der Waals surface area (Å²) in [5.74, 6) is -0.0778. The maximum Gasteiger partial charge on any atom is 0.351 e. The molecule has 26 heavy (non-hydrogen) atoms. The number of aliphatic hydroxyl groups is 2. The van der Waals surface area contributed by atoms with Gasteiger partial charge in [0.2, 0.25) is 0 Å². The fraction of sp³-hybridized carbons (Fsp3) is 0.238. The van der Waals surface area contributed by atoms with Gasteiger partial charge in [-0.15, -0.1) is 0 Å². The first-order valence-corrected chi connectivity index (χ1v) is 8.62. The van der Waals surface area contributed by atoms with Crippen molar-refractivity contribution < 1.29 is 19.5 Å². The molecule has 2 aliphatic heterocycles. The van der Waals surface area contributed by atoms with Gasteiger partial charge in [0.15, 0.2) is 11.8 Å². The number of quaternary nitrogens is 1. The molecule has 1 fully saturated rings. The Morgan fingerprint density at radius 3 is 2.46 bits per heavy atom. The summed E-state index contributed by atoms with van der Waals surface area (Å²) in [4.78, 5) is 13.4. The lowest BCUT2D eigenvalue weighted by Crippen LogP contribution is -2.52. The maximum absolute atomic E-state index is 13.4. The van der Waals surface area contributed by atoms with E-state index in [-0.39, 0.29) is 22.7 Å². The molecule has 2 N–H and O–H groups in total. The fourth-order valence-corrected chi connectivity index (χ4v) is 4.24. The highest BCUT2D eigenvalue weighted by Gasteiger charge is 2.60. The quantitative estimate of drug-likeness (QED) is 0.836. The third-order valence-electron chi connectivity index (χ3n) is 5.43. The monoisotopic (exact) mass is 347 g/mol. The van der Waals surface area contributed by atoms with Crippen molar-refractivity contribution in [2.45, 2.75) is 25.1 Å². The average Bonchev–Trinajstić information content (AvgIpc) is 3.08. The molecule has 3 atom stereocenters. The highest BCUT2D eigenvalue weighted by atomic mass is 16.3. The molecule has 1 amide bonds. The molecule has 2 aliphatic rings. The van der Waals surface area contributed by atoms with Gasteiger partial charge in [-0.25, -0.2) is 9.28 Å². The third-order valence-corrected chi connectivity index (χ3v) is 5.43. The zero-order chi connectivity index (χ0) is 18.3. The van der Waals surface area contributed by atoms with Crippen molar-refractivity contribution in [3.05, 3.63) is 77.0 Å². The Kier molecular flexibility index (Phi) is 3.87. The number of hydrogen-bond acceptors (Lipinski definition) is 4. The molecule has 5 nitrogen and oxygen atoms in total. The van der Waals surface area contributed by atoms with Crippen molar-refractivity contribution in [3.8, 4) is 6.07 Å². The second kappa shape index (κ2) is 6.10. The highest BCUT2D eigenvalue weighted by molar-refractivity contribution is 6.18. The molecule has 0 aromatic heterocycles. The lowest BCUT2D eigenvalue weighted by molar-refractivity contribution is -0.870. The standard InChI is InChI=1S/C21H18N2O3/c22-11-14-6-8-15(9-7-14)12-23-13-17(24)10-18(23)20(25)19(21(23)26)16-4-2-1-3-5-16/h1-9,17-18,24H,10,12-13H2/p+1/t17-,18-,23?/m1/s1. The van der Waals surface area contributed by atoms with Crippen LogP contribution < -0.4 is 0 Å². The SMILES string of the molecule is N#Cc1ccc(C[N+]23C[C@H](O)C[C@@H]2C(O)=C(c2ccccc2)C3=O)cc1. The highest BCUT2D eigenvalue weighted by Crippen LogP contribution is 2.45. The number of fused-ring (bicyclic) bond motifs is 1. The van der Waals surface area contributed by atoms with Gasteiger partial charge < -0.3 is 10.2 Å². The van der Waals surface area contributed by atoms with Crippen LogP contribution in [0, 0.1) is 11.3 Å². The number of nitrogens with zero attached hydrogens (tertiary/aromatic N) is 2. The molecular formula is C21H19N2O3+. The van der Waals surface area contributed by atoms with Crippen LogP contribution in [-0.2, 0) is 11.3 Å². The third kappa shape index (κ3) is 2.43. The Morgan fingerprint density at radius 1 is 1.12 bits per heavy atom. The second-order valence-corrected chi connectivity index (χ2v) is 7.02. The number of carbonyl (C=O) groups excluding carboxylic acids is 1. The Morgan fingerprint density at radius 2 is 1.81 bits per heavy atom. The van der Waals surface area contributed by atoms with Crippen LogP contribution in [0.25, 0.3) is 5.57 Å². The van der Waals surface area contributed by atoms with Crippen molar-refractivity contribution >= 4 is 11.5 Å². The van der Waals surface area contributed by atoms with Gasteiger partial charge in [-0.3, -0.25) is 0 Å². The molecule has 0 aliphatic carbocycles. The summed E-state index contributed by atoms with van der Waals surface area (Å²) in [5.41, 5.74) is 2.52. The molecule has 0 bridgehead atoms. The average molecular weight is 347 g/mol. The van der Waals surface area contributed by atoms with E-state index in [0.29, 0.717) is 29.7 Å². The molecule has 1 saturated heterocycles. The molecule has 5 heteroatoms. The molecule has 0 radical (unpaired) electrons. The predicted molar refractivity (Wildman–Crippen MR) is 95.4 cm³/mol. The Balaban J connectivity index is 1.74. The largest absolute Gasteiger partial charge is 0.506 e. The number of hydrogen-bond donors (Lipinski definition) is 2. The molecule has 2 heterocycles. The number of carbonyl (C=O) groups is 1. The summed E-state index contributed by atoms with van der Waals surface area (Å²) in [5, 5.41) is 30.0. The van der Waals surface area contributed by atoms with E-state index in [2.05, 4.69) is 6.07 Å². The van der Waals surface area contributed by atoms with E-state index < -0.39 is 12.1 Å². The topological polar surface area (TPSA) is 81.3 Å². The van der Waals surface area contributed by atoms with Gasteiger partial charge in [0, 0.05) is 12.0 Å². The number of rotatable bonds is 3. The number of amides is 1. The van der Waals surface area contributed by atoms with E-state index in [1.54, 1.807) is 12.1 Å². The number of aliphatic hydroxyl groups excluding tert-OH is 2. The van der Waals surface area contributed by atoms with Crippen molar-refractivity contribution in [2.75, 3.05) is 6.54 Å². The van der Waals surface area contributed by atoms with E-state index >= 15 is 0 Å². The minimum atomic E-state index is -0.623. The fourth-order valence-electron chi connectivity index (χ4n) is 4.24. The number of benzene rings is 2. The zero-order valence-corrected chi connectivity index (χ0v) is 14.2. The van der Waals surface area contributed by atoms with Gasteiger partial charge in [0.25, 0.3) is 0 Å². The van der Waals surface area contributed by atoms with Crippen molar-refractivity contribution in [2.24, 2.45) is 0 Å². The smallest absolute Gasteiger partial charge is 0.351 e. The Hall–Kier alpha value is -2.94. The van der Waals surface area contributed by atoms with Crippen LogP contribution in [0.5, 0.6) is 0 Å². The van der Waals surface area contributed by atoms with E-state index in [0.717, 1.165) is 5.56 Å². The minimum Gasteiger partial charge on any atom is -0.506 e. The lowest BCUT2D eigenvalue weighted by atomic mass is 10.0. The first kappa shape index (κ1) is 16.5.